The van der Waals surface area contributed by atoms with Crippen molar-refractivity contribution in [2.24, 2.45) is 0 Å². The average Bonchev–Trinajstić information content (AvgIpc) is 3.27. The number of fused-ring (bicyclic) bond motifs is 1. The van der Waals surface area contributed by atoms with Gasteiger partial charge < -0.3 is 4.42 Å². The minimum atomic E-state index is -1.66. The van der Waals surface area contributed by atoms with Gasteiger partial charge in [0.05, 0.1) is 13.8 Å². The molecule has 2 aromatic heterocycles. The molecule has 0 amide bonds. The Morgan fingerprint density at radius 1 is 0.824 bits per heavy atom. The van der Waals surface area contributed by atoms with Crippen LogP contribution in [-0.2, 0) is 0 Å². The minimum absolute atomic E-state index is 0.602. The van der Waals surface area contributed by atoms with E-state index in [-0.39, 0.29) is 0 Å². The summed E-state index contributed by atoms with van der Waals surface area (Å²) in [5.74, 6) is -0.114. The number of aromatic nitrogens is 2. The lowest BCUT2D eigenvalue weighted by molar-refractivity contribution is 0.620. The van der Waals surface area contributed by atoms with Crippen molar-refractivity contribution >= 4 is 24.4 Å². The summed E-state index contributed by atoms with van der Waals surface area (Å²) in [7, 11) is -1.66. The average molecular weight is 464 g/mol. The Bertz CT molecular complexity index is 1500. The molecule has 0 unspecified atom stereocenters. The summed E-state index contributed by atoms with van der Waals surface area (Å²) in [6.45, 7) is 10.8. The maximum atomic E-state index is 8.83. The molecule has 0 N–H and O–H groups in total. The maximum Gasteiger partial charge on any atom is 0.227 e. The maximum absolute atomic E-state index is 8.83. The summed E-state index contributed by atoms with van der Waals surface area (Å²) in [5, 5.41) is 1.23. The van der Waals surface area contributed by atoms with Crippen molar-refractivity contribution in [3.8, 4) is 33.8 Å². The molecular formula is C30H30N2OSi. The monoisotopic (exact) mass is 463 g/mol. The van der Waals surface area contributed by atoms with Crippen molar-refractivity contribution in [3.63, 3.8) is 0 Å². The Balaban J connectivity index is 1.75. The predicted molar refractivity (Wildman–Crippen MR) is 145 cm³/mol. The van der Waals surface area contributed by atoms with E-state index in [0.717, 1.165) is 44.6 Å². The fourth-order valence-corrected chi connectivity index (χ4v) is 5.93. The van der Waals surface area contributed by atoms with Crippen LogP contribution in [0.3, 0.4) is 0 Å². The molecule has 0 radical (unpaired) electrons. The lowest BCUT2D eigenvalue weighted by Crippen LogP contribution is -2.40. The van der Waals surface area contributed by atoms with Crippen LogP contribution in [0.5, 0.6) is 0 Å². The topological polar surface area (TPSA) is 38.9 Å². The Hall–Kier alpha value is -3.50. The van der Waals surface area contributed by atoms with E-state index in [4.69, 9.17) is 15.8 Å². The summed E-state index contributed by atoms with van der Waals surface area (Å²) >= 11 is 0. The molecule has 4 heteroatoms. The highest BCUT2D eigenvalue weighted by atomic mass is 28.3. The molecule has 0 atom stereocenters. The van der Waals surface area contributed by atoms with Gasteiger partial charge in [0.25, 0.3) is 0 Å². The molecule has 0 spiro atoms. The van der Waals surface area contributed by atoms with E-state index in [1.807, 2.05) is 74.6 Å². The fraction of sp³-hybridized carbons (Fsp3) is 0.200. The summed E-state index contributed by atoms with van der Waals surface area (Å²) in [6, 6.07) is 26.5. The van der Waals surface area contributed by atoms with Crippen LogP contribution in [0, 0.1) is 0 Å². The summed E-state index contributed by atoms with van der Waals surface area (Å²) < 4.78 is 15.1. The van der Waals surface area contributed by atoms with Gasteiger partial charge in [0, 0.05) is 24.3 Å². The quantitative estimate of drug-likeness (QED) is 0.249. The minimum Gasteiger partial charge on any atom is -0.436 e. The first kappa shape index (κ1) is 21.1. The molecule has 0 bridgehead atoms. The van der Waals surface area contributed by atoms with E-state index in [1.54, 1.807) is 0 Å². The van der Waals surface area contributed by atoms with Crippen LogP contribution in [0.25, 0.3) is 44.9 Å². The lowest BCUT2D eigenvalue weighted by Gasteiger charge is -2.23. The number of rotatable bonds is 5. The van der Waals surface area contributed by atoms with Gasteiger partial charge in [-0.3, -0.25) is 4.98 Å². The first-order chi connectivity index (χ1) is 16.6. The van der Waals surface area contributed by atoms with Crippen molar-refractivity contribution in [1.82, 2.24) is 9.97 Å². The molecule has 0 aliphatic carbocycles. The standard InChI is InChI=1S/C30H30N2OSi/c1-20(2)24-18-26(31-19-28(24)34(3,4)5)23-16-25(21-12-8-6-9-13-21)29-27(17-23)33-30(32-29)22-14-10-7-11-15-22/h6-20H,1-5H3/i20D. The number of benzene rings is 3. The fourth-order valence-electron chi connectivity index (χ4n) is 4.34. The molecule has 2 heterocycles. The Morgan fingerprint density at radius 3 is 2.09 bits per heavy atom. The van der Waals surface area contributed by atoms with Gasteiger partial charge in [-0.05, 0) is 52.5 Å². The molecule has 34 heavy (non-hydrogen) atoms. The normalized spacial score (nSPS) is 12.7. The number of oxazole rings is 1. The largest absolute Gasteiger partial charge is 0.436 e. The summed E-state index contributed by atoms with van der Waals surface area (Å²) in [5.41, 5.74) is 7.44. The number of nitrogens with zero attached hydrogens (tertiary/aromatic N) is 2. The Morgan fingerprint density at radius 2 is 1.47 bits per heavy atom. The van der Waals surface area contributed by atoms with Crippen LogP contribution in [0.15, 0.2) is 89.5 Å². The Kier molecular flexibility index (Phi) is 5.38. The molecule has 0 saturated heterocycles. The van der Waals surface area contributed by atoms with Crippen molar-refractivity contribution in [3.05, 3.63) is 90.6 Å². The van der Waals surface area contributed by atoms with Gasteiger partial charge in [0.15, 0.2) is 5.58 Å². The van der Waals surface area contributed by atoms with E-state index in [1.165, 1.54) is 5.19 Å². The highest BCUT2D eigenvalue weighted by molar-refractivity contribution is 6.89. The molecule has 3 nitrogen and oxygen atoms in total. The van der Waals surface area contributed by atoms with Crippen molar-refractivity contribution in [2.75, 3.05) is 0 Å². The third-order valence-corrected chi connectivity index (χ3v) is 8.16. The second-order valence-corrected chi connectivity index (χ2v) is 15.0. The third kappa shape index (κ3) is 4.21. The molecule has 5 rings (SSSR count). The van der Waals surface area contributed by atoms with Gasteiger partial charge in [0.1, 0.15) is 5.52 Å². The molecule has 0 aliphatic heterocycles. The molecule has 3 aromatic carbocycles. The lowest BCUT2D eigenvalue weighted by atomic mass is 9.97. The first-order valence-electron chi connectivity index (χ1n) is 12.2. The van der Waals surface area contributed by atoms with Gasteiger partial charge in [0.2, 0.25) is 5.89 Å². The van der Waals surface area contributed by atoms with Crippen LogP contribution in [0.4, 0.5) is 0 Å². The highest BCUT2D eigenvalue weighted by Gasteiger charge is 2.23. The smallest absolute Gasteiger partial charge is 0.227 e. The highest BCUT2D eigenvalue weighted by Crippen LogP contribution is 2.36. The van der Waals surface area contributed by atoms with E-state index in [9.17, 15) is 0 Å². The van der Waals surface area contributed by atoms with E-state index >= 15 is 0 Å². The van der Waals surface area contributed by atoms with Crippen LogP contribution in [0.1, 0.15) is 26.7 Å². The molecule has 5 aromatic rings. The van der Waals surface area contributed by atoms with E-state index < -0.39 is 14.0 Å². The molecular weight excluding hydrogens is 432 g/mol. The zero-order valence-electron chi connectivity index (χ0n) is 21.4. The van der Waals surface area contributed by atoms with Crippen molar-refractivity contribution in [2.45, 2.75) is 39.4 Å². The van der Waals surface area contributed by atoms with Crippen LogP contribution in [0.2, 0.25) is 19.6 Å². The van der Waals surface area contributed by atoms with Crippen LogP contribution < -0.4 is 5.19 Å². The number of hydrogen-bond acceptors (Lipinski definition) is 3. The van der Waals surface area contributed by atoms with E-state index in [0.29, 0.717) is 5.89 Å². The zero-order valence-corrected chi connectivity index (χ0v) is 21.4. The molecule has 0 fully saturated rings. The predicted octanol–water partition coefficient (Wildman–Crippen LogP) is 7.89. The van der Waals surface area contributed by atoms with Gasteiger partial charge in [-0.1, -0.05) is 82.0 Å². The SMILES string of the molecule is [2H]C(C)(C)c1cc(-c2cc(-c3ccccc3)c3nc(-c4ccccc4)oc3c2)ncc1[Si](C)(C)C. The van der Waals surface area contributed by atoms with Gasteiger partial charge in [-0.25, -0.2) is 4.98 Å². The summed E-state index contributed by atoms with van der Waals surface area (Å²) in [4.78, 5) is 9.77. The molecule has 0 saturated carbocycles. The van der Waals surface area contributed by atoms with Gasteiger partial charge in [-0.15, -0.1) is 0 Å². The van der Waals surface area contributed by atoms with Gasteiger partial charge in [-0.2, -0.15) is 0 Å². The molecule has 170 valence electrons. The zero-order chi connectivity index (χ0) is 24.8. The van der Waals surface area contributed by atoms with E-state index in [2.05, 4.69) is 43.9 Å². The van der Waals surface area contributed by atoms with Crippen molar-refractivity contribution < 1.29 is 5.79 Å². The first-order valence-corrected chi connectivity index (χ1v) is 15.2. The van der Waals surface area contributed by atoms with Crippen molar-refractivity contribution in [1.29, 1.82) is 0 Å². The summed E-state index contributed by atoms with van der Waals surface area (Å²) in [6.07, 6.45) is 2.00. The molecule has 0 aliphatic rings. The van der Waals surface area contributed by atoms with Crippen LogP contribution >= 0.6 is 0 Å². The van der Waals surface area contributed by atoms with Crippen LogP contribution in [-0.4, -0.2) is 18.0 Å². The number of pyridine rings is 1. The second-order valence-electron chi connectivity index (χ2n) is 9.99. The number of hydrogen-bond donors (Lipinski definition) is 0. The second kappa shape index (κ2) is 8.69. The third-order valence-electron chi connectivity index (χ3n) is 6.15. The van der Waals surface area contributed by atoms with Gasteiger partial charge >= 0.3 is 0 Å². The Labute approximate surface area is 203 Å².